The molecule has 0 aromatic carbocycles. The van der Waals surface area contributed by atoms with Crippen LogP contribution in [0.2, 0.25) is 0 Å². The van der Waals surface area contributed by atoms with Crippen LogP contribution in [0.5, 0.6) is 0 Å². The monoisotopic (exact) mass is 172 g/mol. The van der Waals surface area contributed by atoms with Crippen LogP contribution >= 0.6 is 0 Å². The van der Waals surface area contributed by atoms with E-state index in [0.717, 1.165) is 0 Å². The van der Waals surface area contributed by atoms with Crippen molar-refractivity contribution >= 4 is 11.9 Å². The molecule has 3 N–H and O–H groups in total. The average Bonchev–Trinajstić information content (AvgIpc) is 2.47. The Morgan fingerprint density at radius 3 is 2.83 bits per heavy atom. The number of nitrogens with one attached hydrogen (secondary N) is 1. The van der Waals surface area contributed by atoms with Gasteiger partial charge in [0.2, 0.25) is 5.91 Å². The molecule has 5 nitrogen and oxygen atoms in total. The second-order valence-corrected chi connectivity index (χ2v) is 2.83. The van der Waals surface area contributed by atoms with Crippen molar-refractivity contribution in [2.24, 2.45) is 5.73 Å². The Labute approximate surface area is 70.2 Å². The molecule has 1 aliphatic heterocycles. The van der Waals surface area contributed by atoms with E-state index in [1.54, 1.807) is 0 Å². The molecule has 1 heterocycles. The molecular weight excluding hydrogens is 160 g/mol. The normalized spacial score (nSPS) is 28.3. The summed E-state index contributed by atoms with van der Waals surface area (Å²) in [5.74, 6) is -0.610. The number of carbonyl (C=O) groups is 2. The van der Waals surface area contributed by atoms with Crippen molar-refractivity contribution in [3.05, 3.63) is 0 Å². The van der Waals surface area contributed by atoms with E-state index in [1.807, 2.05) is 0 Å². The maximum absolute atomic E-state index is 11.2. The smallest absolute Gasteiger partial charge is 0.332 e. The molecule has 1 fully saturated rings. The molecule has 0 bridgehead atoms. The SMILES string of the molecule is COC(=O)C1(CN)CCC(=O)N1. The van der Waals surface area contributed by atoms with Crippen molar-refractivity contribution in [1.29, 1.82) is 0 Å². The minimum Gasteiger partial charge on any atom is -0.467 e. The number of carbonyl (C=O) groups excluding carboxylic acids is 2. The molecule has 1 saturated heterocycles. The van der Waals surface area contributed by atoms with Gasteiger partial charge in [0.25, 0.3) is 0 Å². The lowest BCUT2D eigenvalue weighted by atomic mass is 9.98. The largest absolute Gasteiger partial charge is 0.467 e. The van der Waals surface area contributed by atoms with Gasteiger partial charge in [-0.25, -0.2) is 4.79 Å². The average molecular weight is 172 g/mol. The standard InChI is InChI=1S/C7H12N2O3/c1-12-6(11)7(4-8)3-2-5(10)9-7/h2-4,8H2,1H3,(H,9,10). The fraction of sp³-hybridized carbons (Fsp3) is 0.714. The summed E-state index contributed by atoms with van der Waals surface area (Å²) in [5.41, 5.74) is 4.43. The second-order valence-electron chi connectivity index (χ2n) is 2.83. The number of rotatable bonds is 2. The summed E-state index contributed by atoms with van der Waals surface area (Å²) in [4.78, 5) is 22.1. The van der Waals surface area contributed by atoms with Crippen LogP contribution in [0.1, 0.15) is 12.8 Å². The summed E-state index contributed by atoms with van der Waals surface area (Å²) >= 11 is 0. The molecule has 0 aromatic heterocycles. The molecule has 0 saturated carbocycles. The second kappa shape index (κ2) is 3.10. The fourth-order valence-electron chi connectivity index (χ4n) is 1.30. The first-order valence-corrected chi connectivity index (χ1v) is 3.74. The molecule has 0 aliphatic carbocycles. The van der Waals surface area contributed by atoms with Crippen LogP contribution in [-0.2, 0) is 14.3 Å². The third-order valence-electron chi connectivity index (χ3n) is 2.08. The first kappa shape index (κ1) is 8.99. The summed E-state index contributed by atoms with van der Waals surface area (Å²) in [6, 6.07) is 0. The minimum absolute atomic E-state index is 0.0887. The van der Waals surface area contributed by atoms with Gasteiger partial charge in [-0.1, -0.05) is 0 Å². The number of hydrogen-bond donors (Lipinski definition) is 2. The summed E-state index contributed by atoms with van der Waals surface area (Å²) in [7, 11) is 1.28. The van der Waals surface area contributed by atoms with Crippen LogP contribution in [0.3, 0.4) is 0 Å². The number of hydrogen-bond acceptors (Lipinski definition) is 4. The topological polar surface area (TPSA) is 81.4 Å². The van der Waals surface area contributed by atoms with Gasteiger partial charge in [-0.2, -0.15) is 0 Å². The Kier molecular flexibility index (Phi) is 2.32. The van der Waals surface area contributed by atoms with Crippen molar-refractivity contribution in [1.82, 2.24) is 5.32 Å². The van der Waals surface area contributed by atoms with Gasteiger partial charge >= 0.3 is 5.97 Å². The highest BCUT2D eigenvalue weighted by Crippen LogP contribution is 2.20. The van der Waals surface area contributed by atoms with Gasteiger partial charge in [0.05, 0.1) is 7.11 Å². The van der Waals surface area contributed by atoms with Crippen molar-refractivity contribution in [2.45, 2.75) is 18.4 Å². The summed E-state index contributed by atoms with van der Waals surface area (Å²) in [6.45, 7) is 0.0887. The van der Waals surface area contributed by atoms with E-state index >= 15 is 0 Å². The molecule has 0 aromatic rings. The van der Waals surface area contributed by atoms with Crippen LogP contribution in [-0.4, -0.2) is 31.1 Å². The van der Waals surface area contributed by atoms with E-state index in [1.165, 1.54) is 7.11 Å². The van der Waals surface area contributed by atoms with E-state index in [-0.39, 0.29) is 12.5 Å². The van der Waals surface area contributed by atoms with Gasteiger partial charge in [0.15, 0.2) is 5.54 Å². The number of amides is 1. The molecule has 0 spiro atoms. The van der Waals surface area contributed by atoms with Crippen molar-refractivity contribution in [3.8, 4) is 0 Å². The number of methoxy groups -OCH3 is 1. The van der Waals surface area contributed by atoms with Crippen LogP contribution in [0.25, 0.3) is 0 Å². The molecule has 0 radical (unpaired) electrons. The highest BCUT2D eigenvalue weighted by molar-refractivity contribution is 5.91. The van der Waals surface area contributed by atoms with Gasteiger partial charge < -0.3 is 15.8 Å². The molecule has 1 aliphatic rings. The predicted octanol–water partition coefficient (Wildman–Crippen LogP) is -1.23. The molecule has 12 heavy (non-hydrogen) atoms. The van der Waals surface area contributed by atoms with Crippen molar-refractivity contribution in [2.75, 3.05) is 13.7 Å². The maximum Gasteiger partial charge on any atom is 0.332 e. The van der Waals surface area contributed by atoms with E-state index in [2.05, 4.69) is 10.1 Å². The lowest BCUT2D eigenvalue weighted by Crippen LogP contribution is -2.54. The zero-order valence-corrected chi connectivity index (χ0v) is 6.92. The summed E-state index contributed by atoms with van der Waals surface area (Å²) in [5, 5.41) is 2.53. The van der Waals surface area contributed by atoms with Crippen LogP contribution < -0.4 is 11.1 Å². The zero-order chi connectivity index (χ0) is 9.19. The third-order valence-corrected chi connectivity index (χ3v) is 2.08. The van der Waals surface area contributed by atoms with E-state index < -0.39 is 11.5 Å². The molecular formula is C7H12N2O3. The third kappa shape index (κ3) is 1.27. The Morgan fingerprint density at radius 2 is 2.50 bits per heavy atom. The van der Waals surface area contributed by atoms with Gasteiger partial charge in [0, 0.05) is 13.0 Å². The van der Waals surface area contributed by atoms with Crippen molar-refractivity contribution in [3.63, 3.8) is 0 Å². The highest BCUT2D eigenvalue weighted by atomic mass is 16.5. The van der Waals surface area contributed by atoms with Crippen molar-refractivity contribution < 1.29 is 14.3 Å². The van der Waals surface area contributed by atoms with Gasteiger partial charge in [-0.05, 0) is 6.42 Å². The highest BCUT2D eigenvalue weighted by Gasteiger charge is 2.44. The Hall–Kier alpha value is -1.10. The summed E-state index contributed by atoms with van der Waals surface area (Å²) in [6.07, 6.45) is 0.765. The Balaban J connectivity index is 2.77. The van der Waals surface area contributed by atoms with Gasteiger partial charge in [-0.3, -0.25) is 4.79 Å². The molecule has 68 valence electrons. The maximum atomic E-state index is 11.2. The molecule has 5 heteroatoms. The molecule has 1 rings (SSSR count). The Morgan fingerprint density at radius 1 is 1.83 bits per heavy atom. The van der Waals surface area contributed by atoms with E-state index in [9.17, 15) is 9.59 Å². The van der Waals surface area contributed by atoms with Crippen LogP contribution in [0.4, 0.5) is 0 Å². The summed E-state index contributed by atoms with van der Waals surface area (Å²) < 4.78 is 4.54. The van der Waals surface area contributed by atoms with Crippen LogP contribution in [0, 0.1) is 0 Å². The predicted molar refractivity (Wildman–Crippen MR) is 41.2 cm³/mol. The molecule has 1 amide bonds. The van der Waals surface area contributed by atoms with Gasteiger partial charge in [0.1, 0.15) is 0 Å². The van der Waals surface area contributed by atoms with E-state index in [4.69, 9.17) is 5.73 Å². The zero-order valence-electron chi connectivity index (χ0n) is 6.92. The quantitative estimate of drug-likeness (QED) is 0.511. The minimum atomic E-state index is -0.966. The lowest BCUT2D eigenvalue weighted by Gasteiger charge is -2.23. The molecule has 1 atom stereocenters. The first-order chi connectivity index (χ1) is 5.64. The van der Waals surface area contributed by atoms with Crippen LogP contribution in [0.15, 0.2) is 0 Å². The lowest BCUT2D eigenvalue weighted by molar-refractivity contribution is -0.148. The number of nitrogens with two attached hydrogens (primary N) is 1. The fourth-order valence-corrected chi connectivity index (χ4v) is 1.30. The Bertz CT molecular complexity index is 217. The van der Waals surface area contributed by atoms with E-state index in [0.29, 0.717) is 12.8 Å². The number of esters is 1. The van der Waals surface area contributed by atoms with Gasteiger partial charge in [-0.15, -0.1) is 0 Å². The molecule has 1 unspecified atom stereocenters. The first-order valence-electron chi connectivity index (χ1n) is 3.74. The number of ether oxygens (including phenoxy) is 1.